The maximum atomic E-state index is 12.7. The number of cyclic esters (lactones) is 1. The number of aliphatic carboxylic acids is 1. The van der Waals surface area contributed by atoms with E-state index in [-0.39, 0.29) is 37.0 Å². The highest BCUT2D eigenvalue weighted by Crippen LogP contribution is 2.62. The van der Waals surface area contributed by atoms with Crippen LogP contribution in [0.15, 0.2) is 23.8 Å². The Bertz CT molecular complexity index is 977. The Morgan fingerprint density at radius 2 is 1.79 bits per heavy atom. The summed E-state index contributed by atoms with van der Waals surface area (Å²) in [5.41, 5.74) is -0.203. The Hall–Kier alpha value is -2.35. The van der Waals surface area contributed by atoms with Gasteiger partial charge in [0.25, 0.3) is 0 Å². The van der Waals surface area contributed by atoms with Crippen molar-refractivity contribution in [3.8, 4) is 0 Å². The molecular formula is C26H38O12. The molecule has 1 saturated heterocycles. The highest BCUT2D eigenvalue weighted by Gasteiger charge is 2.59. The van der Waals surface area contributed by atoms with Gasteiger partial charge in [0.1, 0.15) is 31.0 Å². The summed E-state index contributed by atoms with van der Waals surface area (Å²) in [5, 5.41) is 68.8. The van der Waals surface area contributed by atoms with Crippen molar-refractivity contribution >= 4 is 17.9 Å². The standard InChI is InChI=1S/C26H38O12/c1-12-4-7-16-25(2,14(12)6-5-13-15(28)10-37-23(13)35)9-8-17(26(16,3)11-27)38-24(36)21(32)19(30)18(29)20(31)22(33)34/h5,14-21,27-32H,1,4,6-11H2,2-3H3,(H,33,34)/b13-5-/t14-,15?,16?,17-,18+,19+,20+,21-,25+,26+/m1/s1. The summed E-state index contributed by atoms with van der Waals surface area (Å²) in [7, 11) is 0. The molecule has 2 aliphatic carbocycles. The van der Waals surface area contributed by atoms with E-state index in [4.69, 9.17) is 14.6 Å². The molecule has 1 heterocycles. The third kappa shape index (κ3) is 5.38. The normalized spacial score (nSPS) is 37.6. The fourth-order valence-electron chi connectivity index (χ4n) is 6.61. The van der Waals surface area contributed by atoms with Gasteiger partial charge in [0.05, 0.1) is 12.2 Å². The topological polar surface area (TPSA) is 211 Å². The molecule has 2 saturated carbocycles. The summed E-state index contributed by atoms with van der Waals surface area (Å²) in [5.74, 6) is -4.00. The molecule has 0 aromatic heterocycles. The zero-order valence-corrected chi connectivity index (χ0v) is 21.5. The highest BCUT2D eigenvalue weighted by molar-refractivity contribution is 5.91. The van der Waals surface area contributed by atoms with E-state index >= 15 is 0 Å². The van der Waals surface area contributed by atoms with Gasteiger partial charge in [-0.25, -0.2) is 14.4 Å². The van der Waals surface area contributed by atoms with E-state index < -0.39 is 65.4 Å². The molecule has 0 aromatic carbocycles. The average molecular weight is 543 g/mol. The fraction of sp³-hybridized carbons (Fsp3) is 0.731. The molecule has 2 unspecified atom stereocenters. The number of ether oxygens (including phenoxy) is 2. The molecular weight excluding hydrogens is 504 g/mol. The highest BCUT2D eigenvalue weighted by atomic mass is 16.6. The van der Waals surface area contributed by atoms with Crippen LogP contribution in [0.1, 0.15) is 46.0 Å². The largest absolute Gasteiger partial charge is 0.479 e. The minimum absolute atomic E-state index is 0.0847. The van der Waals surface area contributed by atoms with Crippen LogP contribution < -0.4 is 0 Å². The van der Waals surface area contributed by atoms with Crippen LogP contribution in [0.25, 0.3) is 0 Å². The van der Waals surface area contributed by atoms with E-state index in [1.165, 1.54) is 0 Å². The number of aliphatic hydroxyl groups excluding tert-OH is 6. The monoisotopic (exact) mass is 542 g/mol. The lowest BCUT2D eigenvalue weighted by Crippen LogP contribution is -2.59. The lowest BCUT2D eigenvalue weighted by atomic mass is 9.46. The minimum Gasteiger partial charge on any atom is -0.479 e. The molecule has 3 rings (SSSR count). The number of esters is 2. The smallest absolute Gasteiger partial charge is 0.338 e. The third-order valence-electron chi connectivity index (χ3n) is 8.95. The Kier molecular flexibility index (Phi) is 9.06. The molecule has 12 heteroatoms. The first-order chi connectivity index (χ1) is 17.7. The van der Waals surface area contributed by atoms with E-state index in [9.17, 15) is 45.0 Å². The van der Waals surface area contributed by atoms with Crippen molar-refractivity contribution in [2.45, 2.75) is 82.6 Å². The molecule has 0 radical (unpaired) electrons. The van der Waals surface area contributed by atoms with Crippen molar-refractivity contribution in [3.05, 3.63) is 23.8 Å². The first-order valence-corrected chi connectivity index (χ1v) is 12.7. The average Bonchev–Trinajstić information content (AvgIpc) is 3.20. The molecule has 214 valence electrons. The van der Waals surface area contributed by atoms with Gasteiger partial charge >= 0.3 is 17.9 Å². The molecule has 7 N–H and O–H groups in total. The van der Waals surface area contributed by atoms with Crippen LogP contribution in [0.3, 0.4) is 0 Å². The SMILES string of the molecule is C=C1CCC2[C@](C)(CO)[C@H](OC(=O)[C@H](O)[C@@H](O)[C@H](O)[C@H](O)C(=O)O)CC[C@@]2(C)[C@@H]1C/C=C1\C(=O)OCC1O. The third-order valence-corrected chi connectivity index (χ3v) is 8.95. The van der Waals surface area contributed by atoms with Gasteiger partial charge in [0.2, 0.25) is 0 Å². The number of carbonyl (C=O) groups is 3. The first-order valence-electron chi connectivity index (χ1n) is 12.7. The number of fused-ring (bicyclic) bond motifs is 1. The summed E-state index contributed by atoms with van der Waals surface area (Å²) < 4.78 is 10.4. The second kappa shape index (κ2) is 11.4. The van der Waals surface area contributed by atoms with Gasteiger partial charge < -0.3 is 45.2 Å². The fourth-order valence-corrected chi connectivity index (χ4v) is 6.61. The van der Waals surface area contributed by atoms with E-state index in [0.717, 1.165) is 5.57 Å². The minimum atomic E-state index is -2.43. The van der Waals surface area contributed by atoms with Crippen molar-refractivity contribution in [2.75, 3.05) is 13.2 Å². The van der Waals surface area contributed by atoms with Gasteiger partial charge in [-0.1, -0.05) is 32.1 Å². The predicted octanol–water partition coefficient (Wildman–Crippen LogP) is -0.958. The lowest BCUT2D eigenvalue weighted by molar-refractivity contribution is -0.202. The summed E-state index contributed by atoms with van der Waals surface area (Å²) in [6, 6.07) is 0. The molecule has 3 fully saturated rings. The maximum Gasteiger partial charge on any atom is 0.338 e. The second-order valence-electron chi connectivity index (χ2n) is 11.2. The van der Waals surface area contributed by atoms with E-state index in [1.54, 1.807) is 13.0 Å². The summed E-state index contributed by atoms with van der Waals surface area (Å²) >= 11 is 0. The van der Waals surface area contributed by atoms with Crippen LogP contribution in [-0.4, -0.2) is 103 Å². The quantitative estimate of drug-likeness (QED) is 0.107. The van der Waals surface area contributed by atoms with Gasteiger partial charge in [-0.05, 0) is 49.4 Å². The molecule has 3 aliphatic rings. The van der Waals surface area contributed by atoms with Crippen molar-refractivity contribution in [1.82, 2.24) is 0 Å². The van der Waals surface area contributed by atoms with Crippen LogP contribution in [0.5, 0.6) is 0 Å². The number of hydrogen-bond acceptors (Lipinski definition) is 11. The first kappa shape index (κ1) is 30.2. The Morgan fingerprint density at radius 1 is 1.16 bits per heavy atom. The second-order valence-corrected chi connectivity index (χ2v) is 11.2. The van der Waals surface area contributed by atoms with E-state index in [1.807, 2.05) is 0 Å². The Balaban J connectivity index is 1.79. The molecule has 0 amide bonds. The molecule has 0 aromatic rings. The molecule has 0 spiro atoms. The Labute approximate surface area is 220 Å². The number of rotatable bonds is 9. The molecule has 1 aliphatic heterocycles. The van der Waals surface area contributed by atoms with Gasteiger partial charge in [-0.3, -0.25) is 0 Å². The van der Waals surface area contributed by atoms with E-state index in [2.05, 4.69) is 13.5 Å². The van der Waals surface area contributed by atoms with Crippen LogP contribution in [0.4, 0.5) is 0 Å². The van der Waals surface area contributed by atoms with Gasteiger partial charge in [-0.15, -0.1) is 0 Å². The number of carboxylic acids is 1. The molecule has 12 nitrogen and oxygen atoms in total. The number of allylic oxidation sites excluding steroid dienone is 2. The molecule has 10 atom stereocenters. The number of hydrogen-bond donors (Lipinski definition) is 7. The number of carbonyl (C=O) groups excluding carboxylic acids is 2. The summed E-state index contributed by atoms with van der Waals surface area (Å²) in [6.45, 7) is 7.61. The molecule has 38 heavy (non-hydrogen) atoms. The van der Waals surface area contributed by atoms with Crippen molar-refractivity contribution in [1.29, 1.82) is 0 Å². The van der Waals surface area contributed by atoms with Crippen molar-refractivity contribution in [3.63, 3.8) is 0 Å². The summed E-state index contributed by atoms with van der Waals surface area (Å²) in [4.78, 5) is 35.5. The van der Waals surface area contributed by atoms with Crippen molar-refractivity contribution < 1.29 is 59.6 Å². The lowest BCUT2D eigenvalue weighted by Gasteiger charge is -2.60. The van der Waals surface area contributed by atoms with Crippen molar-refractivity contribution in [2.24, 2.45) is 22.7 Å². The van der Waals surface area contributed by atoms with Gasteiger partial charge in [0, 0.05) is 5.41 Å². The zero-order chi connectivity index (χ0) is 28.6. The van der Waals surface area contributed by atoms with E-state index in [0.29, 0.717) is 25.7 Å². The maximum absolute atomic E-state index is 12.7. The van der Waals surface area contributed by atoms with Gasteiger partial charge in [0.15, 0.2) is 12.2 Å². The molecule has 0 bridgehead atoms. The Morgan fingerprint density at radius 3 is 2.34 bits per heavy atom. The van der Waals surface area contributed by atoms with Crippen LogP contribution in [-0.2, 0) is 23.9 Å². The predicted molar refractivity (Wildman–Crippen MR) is 129 cm³/mol. The van der Waals surface area contributed by atoms with Crippen LogP contribution in [0, 0.1) is 22.7 Å². The number of carboxylic acid groups (broad SMARTS) is 1. The van der Waals surface area contributed by atoms with Crippen LogP contribution in [0.2, 0.25) is 0 Å². The summed E-state index contributed by atoms with van der Waals surface area (Å²) in [6.07, 6.45) is -7.12. The van der Waals surface area contributed by atoms with Crippen LogP contribution >= 0.6 is 0 Å². The number of aliphatic hydroxyl groups is 6. The van der Waals surface area contributed by atoms with Gasteiger partial charge in [-0.2, -0.15) is 0 Å². The zero-order valence-electron chi connectivity index (χ0n) is 21.5.